The highest BCUT2D eigenvalue weighted by molar-refractivity contribution is 7.10. The maximum absolute atomic E-state index is 11.5. The molecule has 4 nitrogen and oxygen atoms in total. The third kappa shape index (κ3) is 4.93. The summed E-state index contributed by atoms with van der Waals surface area (Å²) in [6, 6.07) is 3.93. The van der Waals surface area contributed by atoms with Crippen LogP contribution in [0.25, 0.3) is 0 Å². The molecule has 19 heavy (non-hydrogen) atoms. The number of aliphatic hydroxyl groups excluding tert-OH is 1. The monoisotopic (exact) mass is 285 g/mol. The normalized spacial score (nSPS) is 15.8. The Labute approximate surface area is 118 Å². The number of carbonyl (C=O) groups is 1. The van der Waals surface area contributed by atoms with E-state index in [-0.39, 0.29) is 24.0 Å². The van der Waals surface area contributed by atoms with Crippen LogP contribution < -0.4 is 5.32 Å². The van der Waals surface area contributed by atoms with E-state index in [1.807, 2.05) is 24.4 Å². The molecule has 1 aromatic rings. The number of hydrogen-bond donors (Lipinski definition) is 2. The summed E-state index contributed by atoms with van der Waals surface area (Å²) in [6.45, 7) is 4.88. The van der Waals surface area contributed by atoms with Crippen molar-refractivity contribution in [3.8, 4) is 0 Å². The summed E-state index contributed by atoms with van der Waals surface area (Å²) in [5.74, 6) is -0.229. The van der Waals surface area contributed by atoms with Gasteiger partial charge in [-0.15, -0.1) is 11.3 Å². The fraction of sp³-hybridized carbons (Fsp3) is 0.643. The first-order valence-electron chi connectivity index (χ1n) is 6.49. The average Bonchev–Trinajstić information content (AvgIpc) is 2.96. The summed E-state index contributed by atoms with van der Waals surface area (Å²) >= 11 is 1.62. The molecule has 108 valence electrons. The van der Waals surface area contributed by atoms with E-state index in [0.29, 0.717) is 13.0 Å². The lowest BCUT2D eigenvalue weighted by Gasteiger charge is -2.28. The summed E-state index contributed by atoms with van der Waals surface area (Å²) in [5.41, 5.74) is -0.161. The molecule has 0 aliphatic rings. The molecule has 0 fully saturated rings. The smallest absolute Gasteiger partial charge is 0.307 e. The predicted molar refractivity (Wildman–Crippen MR) is 77.2 cm³/mol. The molecule has 0 bridgehead atoms. The molecule has 1 heterocycles. The van der Waals surface area contributed by atoms with Gasteiger partial charge in [0.15, 0.2) is 0 Å². The van der Waals surface area contributed by atoms with Gasteiger partial charge in [-0.05, 0) is 17.9 Å². The van der Waals surface area contributed by atoms with Gasteiger partial charge in [0.25, 0.3) is 0 Å². The van der Waals surface area contributed by atoms with Crippen LogP contribution in [0, 0.1) is 5.41 Å². The van der Waals surface area contributed by atoms with E-state index in [1.54, 1.807) is 11.3 Å². The number of esters is 1. The molecule has 1 aromatic heterocycles. The van der Waals surface area contributed by atoms with Crippen molar-refractivity contribution in [3.05, 3.63) is 22.4 Å². The van der Waals surface area contributed by atoms with E-state index in [1.165, 1.54) is 7.11 Å². The van der Waals surface area contributed by atoms with Crippen LogP contribution in [0.2, 0.25) is 0 Å². The SMILES string of the molecule is CCC(C)(CO)CNC(CC(=O)OC)c1cccs1. The molecule has 0 saturated carbocycles. The standard InChI is InChI=1S/C14H23NO3S/c1-4-14(2,10-16)9-15-11(8-13(17)18-3)12-6-5-7-19-12/h5-7,11,15-16H,4,8-10H2,1-3H3. The Morgan fingerprint density at radius 2 is 2.37 bits per heavy atom. The molecule has 2 unspecified atom stereocenters. The second kappa shape index (κ2) is 7.62. The molecule has 0 aromatic carbocycles. The Kier molecular flexibility index (Phi) is 6.48. The first-order valence-corrected chi connectivity index (χ1v) is 7.37. The molecule has 0 saturated heterocycles. The Balaban J connectivity index is 2.67. The number of hydrogen-bond acceptors (Lipinski definition) is 5. The largest absolute Gasteiger partial charge is 0.469 e. The van der Waals surface area contributed by atoms with Crippen LogP contribution >= 0.6 is 11.3 Å². The molecule has 0 aliphatic carbocycles. The zero-order chi connectivity index (χ0) is 14.3. The van der Waals surface area contributed by atoms with Crippen LogP contribution in [0.15, 0.2) is 17.5 Å². The first-order chi connectivity index (χ1) is 9.04. The van der Waals surface area contributed by atoms with E-state index in [2.05, 4.69) is 12.2 Å². The maximum Gasteiger partial charge on any atom is 0.307 e. The molecule has 1 rings (SSSR count). The number of aliphatic hydroxyl groups is 1. The fourth-order valence-electron chi connectivity index (χ4n) is 1.68. The van der Waals surface area contributed by atoms with Crippen LogP contribution in [0.5, 0.6) is 0 Å². The van der Waals surface area contributed by atoms with Crippen molar-refractivity contribution < 1.29 is 14.6 Å². The third-order valence-electron chi connectivity index (χ3n) is 3.50. The van der Waals surface area contributed by atoms with Crippen molar-refractivity contribution in [3.63, 3.8) is 0 Å². The van der Waals surface area contributed by atoms with Gasteiger partial charge < -0.3 is 15.2 Å². The fourth-order valence-corrected chi connectivity index (χ4v) is 2.48. The van der Waals surface area contributed by atoms with Crippen molar-refractivity contribution >= 4 is 17.3 Å². The average molecular weight is 285 g/mol. The third-order valence-corrected chi connectivity index (χ3v) is 4.48. The molecule has 0 spiro atoms. The van der Waals surface area contributed by atoms with Gasteiger partial charge in [0.05, 0.1) is 19.6 Å². The van der Waals surface area contributed by atoms with Gasteiger partial charge in [0.1, 0.15) is 0 Å². The molecular formula is C14H23NO3S. The molecule has 5 heteroatoms. The van der Waals surface area contributed by atoms with E-state index < -0.39 is 0 Å². The minimum Gasteiger partial charge on any atom is -0.469 e. The van der Waals surface area contributed by atoms with Gasteiger partial charge in [-0.3, -0.25) is 4.79 Å². The lowest BCUT2D eigenvalue weighted by Crippen LogP contribution is -2.37. The Morgan fingerprint density at radius 3 is 2.84 bits per heavy atom. The first kappa shape index (κ1) is 16.1. The van der Waals surface area contributed by atoms with Crippen molar-refractivity contribution in [1.29, 1.82) is 0 Å². The molecule has 0 radical (unpaired) electrons. The number of thiophene rings is 1. The van der Waals surface area contributed by atoms with Crippen LogP contribution in [-0.2, 0) is 9.53 Å². The van der Waals surface area contributed by atoms with Gasteiger partial charge in [0.2, 0.25) is 0 Å². The number of methoxy groups -OCH3 is 1. The number of ether oxygens (including phenoxy) is 1. The second-order valence-electron chi connectivity index (χ2n) is 5.05. The van der Waals surface area contributed by atoms with Crippen LogP contribution in [0.1, 0.15) is 37.6 Å². The van der Waals surface area contributed by atoms with E-state index in [9.17, 15) is 9.90 Å². The zero-order valence-electron chi connectivity index (χ0n) is 11.8. The highest BCUT2D eigenvalue weighted by Crippen LogP contribution is 2.25. The van der Waals surface area contributed by atoms with Crippen molar-refractivity contribution in [2.24, 2.45) is 5.41 Å². The molecular weight excluding hydrogens is 262 g/mol. The van der Waals surface area contributed by atoms with E-state index in [4.69, 9.17) is 4.74 Å². The summed E-state index contributed by atoms with van der Waals surface area (Å²) in [7, 11) is 1.40. The second-order valence-corrected chi connectivity index (χ2v) is 6.03. The van der Waals surface area contributed by atoms with Gasteiger partial charge >= 0.3 is 5.97 Å². The van der Waals surface area contributed by atoms with Gasteiger partial charge in [-0.2, -0.15) is 0 Å². The van der Waals surface area contributed by atoms with Gasteiger partial charge in [-0.1, -0.05) is 19.9 Å². The van der Waals surface area contributed by atoms with Crippen molar-refractivity contribution in [1.82, 2.24) is 5.32 Å². The Morgan fingerprint density at radius 1 is 1.63 bits per heavy atom. The summed E-state index contributed by atoms with van der Waals surface area (Å²) in [6.07, 6.45) is 1.19. The van der Waals surface area contributed by atoms with Crippen LogP contribution in [0.4, 0.5) is 0 Å². The molecule has 0 amide bonds. The lowest BCUT2D eigenvalue weighted by atomic mass is 9.88. The highest BCUT2D eigenvalue weighted by atomic mass is 32.1. The van der Waals surface area contributed by atoms with Crippen LogP contribution in [-0.4, -0.2) is 31.3 Å². The quantitative estimate of drug-likeness (QED) is 0.720. The molecule has 2 atom stereocenters. The van der Waals surface area contributed by atoms with Gasteiger partial charge in [0, 0.05) is 23.4 Å². The number of nitrogens with one attached hydrogen (secondary N) is 1. The Bertz CT molecular complexity index is 374. The minimum absolute atomic E-state index is 0.0510. The summed E-state index contributed by atoms with van der Waals surface area (Å²) in [4.78, 5) is 12.6. The summed E-state index contributed by atoms with van der Waals surface area (Å²) < 4.78 is 4.74. The number of carbonyl (C=O) groups excluding carboxylic acids is 1. The highest BCUT2D eigenvalue weighted by Gasteiger charge is 2.24. The minimum atomic E-state index is -0.229. The Hall–Kier alpha value is -0.910. The van der Waals surface area contributed by atoms with E-state index >= 15 is 0 Å². The predicted octanol–water partition coefficient (Wildman–Crippen LogP) is 2.35. The summed E-state index contributed by atoms with van der Waals surface area (Å²) in [5, 5.41) is 14.8. The zero-order valence-corrected chi connectivity index (χ0v) is 12.6. The van der Waals surface area contributed by atoms with Crippen molar-refractivity contribution in [2.75, 3.05) is 20.3 Å². The maximum atomic E-state index is 11.5. The van der Waals surface area contributed by atoms with E-state index in [0.717, 1.165) is 11.3 Å². The molecule has 0 aliphatic heterocycles. The lowest BCUT2D eigenvalue weighted by molar-refractivity contribution is -0.141. The molecule has 2 N–H and O–H groups in total. The van der Waals surface area contributed by atoms with Gasteiger partial charge in [-0.25, -0.2) is 0 Å². The van der Waals surface area contributed by atoms with Crippen LogP contribution in [0.3, 0.4) is 0 Å². The topological polar surface area (TPSA) is 58.6 Å². The number of rotatable bonds is 8. The van der Waals surface area contributed by atoms with Crippen molar-refractivity contribution in [2.45, 2.75) is 32.7 Å².